The number of hydrogen-bond donors (Lipinski definition) is 1. The van der Waals surface area contributed by atoms with E-state index in [4.69, 9.17) is 17.0 Å². The van der Waals surface area contributed by atoms with Gasteiger partial charge in [-0.25, -0.2) is 0 Å². The summed E-state index contributed by atoms with van der Waals surface area (Å²) in [6.07, 6.45) is 2.48. The Bertz CT molecular complexity index is 841. The highest BCUT2D eigenvalue weighted by Gasteiger charge is 2.26. The summed E-state index contributed by atoms with van der Waals surface area (Å²) in [7, 11) is 0. The normalized spacial score (nSPS) is 20.8. The average molecular weight is 382 g/mol. The summed E-state index contributed by atoms with van der Waals surface area (Å²) in [6, 6.07) is 14.6. The molecule has 1 unspecified atom stereocenters. The summed E-state index contributed by atoms with van der Waals surface area (Å²) in [5.41, 5.74) is 6.01. The number of benzene rings is 1. The Balaban J connectivity index is 1.40. The van der Waals surface area contributed by atoms with Gasteiger partial charge >= 0.3 is 0 Å². The summed E-state index contributed by atoms with van der Waals surface area (Å²) < 4.78 is 5.63. The van der Waals surface area contributed by atoms with Crippen molar-refractivity contribution < 1.29 is 4.74 Å². The predicted molar refractivity (Wildman–Crippen MR) is 111 cm³/mol. The van der Waals surface area contributed by atoms with Crippen molar-refractivity contribution in [2.24, 2.45) is 5.10 Å². The Morgan fingerprint density at radius 3 is 2.89 bits per heavy atom. The van der Waals surface area contributed by atoms with Gasteiger partial charge in [-0.05, 0) is 43.4 Å². The summed E-state index contributed by atoms with van der Waals surface area (Å²) >= 11 is 5.61. The Kier molecular flexibility index (Phi) is 5.20. The molecule has 27 heavy (non-hydrogen) atoms. The maximum atomic E-state index is 5.63. The SMILES string of the molecule is CC1CN(c2ccccc2)CCN1C(=S)N/N=C1/CCOc2cccnc21. The monoisotopic (exact) mass is 381 g/mol. The second-order valence-corrected chi connectivity index (χ2v) is 7.13. The molecular formula is C20H23N5OS. The molecule has 1 aromatic heterocycles. The molecule has 1 fully saturated rings. The molecule has 1 atom stereocenters. The van der Waals surface area contributed by atoms with E-state index in [1.54, 1.807) is 6.20 Å². The average Bonchev–Trinajstić information content (AvgIpc) is 2.72. The maximum absolute atomic E-state index is 5.63. The predicted octanol–water partition coefficient (Wildman–Crippen LogP) is 2.65. The van der Waals surface area contributed by atoms with Crippen LogP contribution in [0, 0.1) is 0 Å². The molecule has 140 valence electrons. The van der Waals surface area contributed by atoms with Crippen LogP contribution in [0.4, 0.5) is 5.69 Å². The number of thiocarbonyl (C=S) groups is 1. The van der Waals surface area contributed by atoms with E-state index in [2.05, 4.69) is 56.5 Å². The number of para-hydroxylation sites is 1. The lowest BCUT2D eigenvalue weighted by Crippen LogP contribution is -2.56. The van der Waals surface area contributed by atoms with Crippen LogP contribution in [0.1, 0.15) is 19.0 Å². The molecule has 0 aliphatic carbocycles. The van der Waals surface area contributed by atoms with Crippen LogP contribution in [0.3, 0.4) is 0 Å². The zero-order chi connectivity index (χ0) is 18.6. The Morgan fingerprint density at radius 2 is 2.07 bits per heavy atom. The number of hydrazone groups is 1. The van der Waals surface area contributed by atoms with Gasteiger partial charge in [0, 0.05) is 44.0 Å². The van der Waals surface area contributed by atoms with E-state index in [9.17, 15) is 0 Å². The van der Waals surface area contributed by atoms with Gasteiger partial charge in [-0.1, -0.05) is 18.2 Å². The number of nitrogens with zero attached hydrogens (tertiary/aromatic N) is 4. The second-order valence-electron chi connectivity index (χ2n) is 6.75. The first-order chi connectivity index (χ1) is 13.2. The lowest BCUT2D eigenvalue weighted by molar-refractivity contribution is 0.294. The number of fused-ring (bicyclic) bond motifs is 1. The largest absolute Gasteiger partial charge is 0.491 e. The van der Waals surface area contributed by atoms with Crippen LogP contribution >= 0.6 is 12.2 Å². The number of ether oxygens (including phenoxy) is 1. The van der Waals surface area contributed by atoms with Gasteiger partial charge in [0.05, 0.1) is 12.3 Å². The van der Waals surface area contributed by atoms with E-state index in [-0.39, 0.29) is 0 Å². The Morgan fingerprint density at radius 1 is 1.22 bits per heavy atom. The highest BCUT2D eigenvalue weighted by molar-refractivity contribution is 7.80. The number of anilines is 1. The molecule has 2 aliphatic rings. The number of hydrogen-bond acceptors (Lipinski definition) is 5. The standard InChI is InChI=1S/C20H23N5OS/c1-15-14-24(16-6-3-2-4-7-16)11-12-25(15)20(27)23-22-17-9-13-26-18-8-5-10-21-19(17)18/h2-8,10,15H,9,11-14H2,1H3,(H,23,27)/b22-17-. The van der Waals surface area contributed by atoms with Crippen LogP contribution in [0.15, 0.2) is 53.8 Å². The molecule has 1 N–H and O–H groups in total. The van der Waals surface area contributed by atoms with Crippen molar-refractivity contribution in [2.75, 3.05) is 31.1 Å². The number of aromatic nitrogens is 1. The van der Waals surface area contributed by atoms with Crippen molar-refractivity contribution >= 4 is 28.7 Å². The molecule has 6 nitrogen and oxygen atoms in total. The molecule has 2 aliphatic heterocycles. The van der Waals surface area contributed by atoms with Crippen molar-refractivity contribution in [1.82, 2.24) is 15.3 Å². The molecule has 0 amide bonds. The third-order valence-electron chi connectivity index (χ3n) is 4.94. The molecule has 0 bridgehead atoms. The zero-order valence-corrected chi connectivity index (χ0v) is 16.2. The molecule has 0 radical (unpaired) electrons. The van der Waals surface area contributed by atoms with E-state index in [0.29, 0.717) is 17.8 Å². The topological polar surface area (TPSA) is 53.0 Å². The van der Waals surface area contributed by atoms with E-state index in [1.165, 1.54) is 5.69 Å². The van der Waals surface area contributed by atoms with Gasteiger partial charge < -0.3 is 14.5 Å². The number of rotatable bonds is 2. The van der Waals surface area contributed by atoms with Crippen LogP contribution in [-0.2, 0) is 0 Å². The zero-order valence-electron chi connectivity index (χ0n) is 15.3. The summed E-state index contributed by atoms with van der Waals surface area (Å²) in [5.74, 6) is 0.778. The van der Waals surface area contributed by atoms with Crippen molar-refractivity contribution in [3.8, 4) is 5.75 Å². The third-order valence-corrected chi connectivity index (χ3v) is 5.26. The van der Waals surface area contributed by atoms with Gasteiger partial charge in [0.15, 0.2) is 5.11 Å². The summed E-state index contributed by atoms with van der Waals surface area (Å²) in [5, 5.41) is 5.20. The van der Waals surface area contributed by atoms with Crippen molar-refractivity contribution in [1.29, 1.82) is 0 Å². The lowest BCUT2D eigenvalue weighted by atomic mass is 10.1. The highest BCUT2D eigenvalue weighted by atomic mass is 32.1. The minimum absolute atomic E-state index is 0.305. The van der Waals surface area contributed by atoms with Gasteiger partial charge in [0.1, 0.15) is 11.4 Å². The summed E-state index contributed by atoms with van der Waals surface area (Å²) in [4.78, 5) is 8.99. The highest BCUT2D eigenvalue weighted by Crippen LogP contribution is 2.22. The molecule has 2 aromatic rings. The first-order valence-electron chi connectivity index (χ1n) is 9.24. The smallest absolute Gasteiger partial charge is 0.189 e. The second kappa shape index (κ2) is 7.92. The lowest BCUT2D eigenvalue weighted by Gasteiger charge is -2.41. The molecule has 3 heterocycles. The third kappa shape index (κ3) is 3.88. The molecule has 0 spiro atoms. The van der Waals surface area contributed by atoms with E-state index >= 15 is 0 Å². The van der Waals surface area contributed by atoms with Crippen molar-refractivity contribution in [2.45, 2.75) is 19.4 Å². The van der Waals surface area contributed by atoms with Gasteiger partial charge in [0.2, 0.25) is 0 Å². The summed E-state index contributed by atoms with van der Waals surface area (Å²) in [6.45, 7) is 5.54. The fourth-order valence-electron chi connectivity index (χ4n) is 3.52. The van der Waals surface area contributed by atoms with Crippen molar-refractivity contribution in [3.63, 3.8) is 0 Å². The fourth-order valence-corrected chi connectivity index (χ4v) is 3.84. The van der Waals surface area contributed by atoms with Gasteiger partial charge in [-0.15, -0.1) is 0 Å². The Hall–Kier alpha value is -2.67. The minimum Gasteiger partial charge on any atom is -0.491 e. The molecule has 4 rings (SSSR count). The quantitative estimate of drug-likeness (QED) is 0.638. The molecule has 1 saturated heterocycles. The number of pyridine rings is 1. The van der Waals surface area contributed by atoms with Crippen LogP contribution in [0.25, 0.3) is 0 Å². The van der Waals surface area contributed by atoms with Crippen LogP contribution in [0.2, 0.25) is 0 Å². The van der Waals surface area contributed by atoms with E-state index in [0.717, 1.165) is 43.2 Å². The van der Waals surface area contributed by atoms with Crippen LogP contribution < -0.4 is 15.1 Å². The Labute approximate surface area is 164 Å². The number of nitrogens with one attached hydrogen (secondary N) is 1. The van der Waals surface area contributed by atoms with Crippen LogP contribution in [-0.4, -0.2) is 53.0 Å². The molecule has 0 saturated carbocycles. The molecule has 1 aromatic carbocycles. The van der Waals surface area contributed by atoms with Crippen LogP contribution in [0.5, 0.6) is 5.75 Å². The molecular weight excluding hydrogens is 358 g/mol. The minimum atomic E-state index is 0.305. The number of piperazine rings is 1. The van der Waals surface area contributed by atoms with Gasteiger partial charge in [-0.2, -0.15) is 5.10 Å². The first-order valence-corrected chi connectivity index (χ1v) is 9.64. The van der Waals surface area contributed by atoms with E-state index < -0.39 is 0 Å². The van der Waals surface area contributed by atoms with E-state index in [1.807, 2.05) is 18.2 Å². The van der Waals surface area contributed by atoms with Crippen molar-refractivity contribution in [3.05, 3.63) is 54.4 Å². The van der Waals surface area contributed by atoms with Gasteiger partial charge in [0.25, 0.3) is 0 Å². The van der Waals surface area contributed by atoms with Gasteiger partial charge in [-0.3, -0.25) is 10.4 Å². The first kappa shape index (κ1) is 17.7. The fraction of sp³-hybridized carbons (Fsp3) is 0.350. The molecule has 7 heteroatoms. The maximum Gasteiger partial charge on any atom is 0.189 e.